The summed E-state index contributed by atoms with van der Waals surface area (Å²) in [5.74, 6) is 1.73. The van der Waals surface area contributed by atoms with Crippen molar-refractivity contribution in [3.63, 3.8) is 0 Å². The van der Waals surface area contributed by atoms with Crippen LogP contribution >= 0.6 is 22.6 Å². The Morgan fingerprint density at radius 2 is 1.11 bits per heavy atom. The highest BCUT2D eigenvalue weighted by atomic mass is 127. The monoisotopic (exact) mass is 493 g/mol. The first-order valence-electron chi connectivity index (χ1n) is 9.21. The van der Waals surface area contributed by atoms with E-state index in [2.05, 4.69) is 108 Å². The van der Waals surface area contributed by atoms with Crippen LogP contribution in [0.1, 0.15) is 11.1 Å². The summed E-state index contributed by atoms with van der Waals surface area (Å²) in [6, 6.07) is 34.4. The predicted octanol–water partition coefficient (Wildman–Crippen LogP) is 7.08. The van der Waals surface area contributed by atoms with Crippen LogP contribution in [-0.4, -0.2) is 0 Å². The molecule has 136 valence electrons. The van der Waals surface area contributed by atoms with Gasteiger partial charge in [-0.3, -0.25) is 0 Å². The molecule has 5 rings (SSSR count). The predicted molar refractivity (Wildman–Crippen MR) is 124 cm³/mol. The lowest BCUT2D eigenvalue weighted by atomic mass is 10.0. The third-order valence-electron chi connectivity index (χ3n) is 4.87. The van der Waals surface area contributed by atoms with E-state index in [1.165, 1.54) is 29.4 Å². The van der Waals surface area contributed by atoms with Crippen molar-refractivity contribution in [2.24, 2.45) is 0 Å². The number of fused-ring (bicyclic) bond motifs is 2. The number of halogens is 1. The summed E-state index contributed by atoms with van der Waals surface area (Å²) >= 11 is 2.30. The average Bonchev–Trinajstić information content (AvgIpc) is 2.74. The van der Waals surface area contributed by atoms with E-state index in [9.17, 15) is 0 Å². The molecule has 0 unspecified atom stereocenters. The molecule has 0 spiro atoms. The fourth-order valence-corrected chi connectivity index (χ4v) is 6.30. The molecule has 0 amide bonds. The second-order valence-electron chi connectivity index (χ2n) is 6.73. The van der Waals surface area contributed by atoms with E-state index >= 15 is 0 Å². The molecule has 4 aromatic carbocycles. The Balaban J connectivity index is 1.50. The Hall–Kier alpha value is -2.24. The Labute approximate surface area is 181 Å². The molecule has 4 aromatic rings. The van der Waals surface area contributed by atoms with E-state index in [0.29, 0.717) is 0 Å². The minimum atomic E-state index is -0.0723. The van der Waals surface area contributed by atoms with Crippen molar-refractivity contribution in [1.82, 2.24) is 0 Å². The van der Waals surface area contributed by atoms with Crippen molar-refractivity contribution in [3.05, 3.63) is 112 Å². The molecule has 0 aliphatic carbocycles. The topological polar surface area (TPSA) is 9.23 Å². The normalized spacial score (nSPS) is 12.9. The molecule has 28 heavy (non-hydrogen) atoms. The highest BCUT2D eigenvalue weighted by Gasteiger charge is 2.36. The summed E-state index contributed by atoms with van der Waals surface area (Å²) in [4.78, 5) is 4.20. The first kappa shape index (κ1) is 17.8. The van der Waals surface area contributed by atoms with Gasteiger partial charge < -0.3 is 4.74 Å². The van der Waals surface area contributed by atoms with E-state index < -0.39 is 0 Å². The molecule has 0 aromatic heterocycles. The molecular formula is C25H18IOS+. The van der Waals surface area contributed by atoms with Crippen LogP contribution in [-0.2, 0) is 17.3 Å². The maximum atomic E-state index is 6.01. The van der Waals surface area contributed by atoms with Crippen molar-refractivity contribution in [1.29, 1.82) is 0 Å². The first-order valence-corrected chi connectivity index (χ1v) is 11.5. The zero-order valence-corrected chi connectivity index (χ0v) is 18.1. The van der Waals surface area contributed by atoms with Crippen molar-refractivity contribution in [2.75, 3.05) is 0 Å². The van der Waals surface area contributed by atoms with Gasteiger partial charge in [-0.1, -0.05) is 36.4 Å². The lowest BCUT2D eigenvalue weighted by Crippen LogP contribution is -2.15. The van der Waals surface area contributed by atoms with Crippen LogP contribution < -0.4 is 4.74 Å². The van der Waals surface area contributed by atoms with Crippen molar-refractivity contribution < 1.29 is 4.74 Å². The standard InChI is InChI=1S/C25H18IOS/c26-20-9-11-21(12-10-20)27-22-13-15-23(16-14-22)28-24-7-3-1-5-18(24)17-19-6-2-4-8-25(19)28/h1-16H,17H2/q+1. The molecular weight excluding hydrogens is 475 g/mol. The molecule has 0 saturated carbocycles. The van der Waals surface area contributed by atoms with Gasteiger partial charge in [0.1, 0.15) is 11.5 Å². The highest BCUT2D eigenvalue weighted by molar-refractivity contribution is 14.1. The molecule has 3 heteroatoms. The van der Waals surface area contributed by atoms with E-state index in [4.69, 9.17) is 4.74 Å². The van der Waals surface area contributed by atoms with Crippen LogP contribution in [0, 0.1) is 3.57 Å². The second kappa shape index (κ2) is 7.64. The third-order valence-corrected chi connectivity index (χ3v) is 8.01. The van der Waals surface area contributed by atoms with E-state index in [1.54, 1.807) is 0 Å². The van der Waals surface area contributed by atoms with Crippen LogP contribution in [0.2, 0.25) is 0 Å². The van der Waals surface area contributed by atoms with E-state index in [0.717, 1.165) is 17.9 Å². The Bertz CT molecular complexity index is 1070. The minimum absolute atomic E-state index is 0.0723. The summed E-state index contributed by atoms with van der Waals surface area (Å²) in [6.07, 6.45) is 1.02. The number of rotatable bonds is 3. The summed E-state index contributed by atoms with van der Waals surface area (Å²) in [5.41, 5.74) is 2.87. The molecule has 0 N–H and O–H groups in total. The second-order valence-corrected chi connectivity index (χ2v) is 9.93. The number of benzene rings is 4. The maximum Gasteiger partial charge on any atom is 0.170 e. The first-order chi connectivity index (χ1) is 13.8. The van der Waals surface area contributed by atoms with Gasteiger partial charge in [0.05, 0.1) is 10.9 Å². The Morgan fingerprint density at radius 1 is 0.607 bits per heavy atom. The fourth-order valence-electron chi connectivity index (χ4n) is 3.56. The van der Waals surface area contributed by atoms with Gasteiger partial charge in [-0.2, -0.15) is 0 Å². The quantitative estimate of drug-likeness (QED) is 0.193. The van der Waals surface area contributed by atoms with Gasteiger partial charge in [-0.15, -0.1) is 0 Å². The van der Waals surface area contributed by atoms with Gasteiger partial charge in [0, 0.05) is 21.1 Å². The minimum Gasteiger partial charge on any atom is -0.457 e. The fraction of sp³-hybridized carbons (Fsp3) is 0.0400. The lowest BCUT2D eigenvalue weighted by Gasteiger charge is -2.19. The average molecular weight is 493 g/mol. The van der Waals surface area contributed by atoms with Crippen LogP contribution in [0.5, 0.6) is 11.5 Å². The summed E-state index contributed by atoms with van der Waals surface area (Å²) in [7, 11) is -0.0723. The van der Waals surface area contributed by atoms with Gasteiger partial charge in [-0.25, -0.2) is 0 Å². The van der Waals surface area contributed by atoms with Gasteiger partial charge in [0.2, 0.25) is 0 Å². The van der Waals surface area contributed by atoms with Crippen molar-refractivity contribution >= 4 is 33.5 Å². The van der Waals surface area contributed by atoms with Crippen molar-refractivity contribution in [3.8, 4) is 11.5 Å². The molecule has 0 fully saturated rings. The van der Waals surface area contributed by atoms with E-state index in [1.807, 2.05) is 12.1 Å². The Kier molecular flexibility index (Phi) is 4.87. The smallest absolute Gasteiger partial charge is 0.170 e. The molecule has 1 aliphatic rings. The summed E-state index contributed by atoms with van der Waals surface area (Å²) in [5, 5.41) is 0. The summed E-state index contributed by atoms with van der Waals surface area (Å²) < 4.78 is 7.22. The maximum absolute atomic E-state index is 6.01. The van der Waals surface area contributed by atoms with Gasteiger partial charge >= 0.3 is 0 Å². The van der Waals surface area contributed by atoms with E-state index in [-0.39, 0.29) is 10.9 Å². The molecule has 0 atom stereocenters. The van der Waals surface area contributed by atoms with Gasteiger partial charge in [0.15, 0.2) is 14.7 Å². The number of hydrogen-bond acceptors (Lipinski definition) is 1. The third kappa shape index (κ3) is 3.45. The largest absolute Gasteiger partial charge is 0.457 e. The van der Waals surface area contributed by atoms with Crippen LogP contribution in [0.15, 0.2) is 112 Å². The number of hydrogen-bond donors (Lipinski definition) is 0. The molecule has 0 saturated heterocycles. The Morgan fingerprint density at radius 3 is 1.68 bits per heavy atom. The molecule has 1 nitrogen and oxygen atoms in total. The van der Waals surface area contributed by atoms with Crippen molar-refractivity contribution in [2.45, 2.75) is 21.1 Å². The highest BCUT2D eigenvalue weighted by Crippen LogP contribution is 2.40. The lowest BCUT2D eigenvalue weighted by molar-refractivity contribution is 0.482. The SMILES string of the molecule is Ic1ccc(Oc2ccc([S+]3c4ccccc4Cc4ccccc43)cc2)cc1. The number of ether oxygens (including phenoxy) is 1. The molecule has 0 radical (unpaired) electrons. The van der Waals surface area contributed by atoms with Gasteiger partial charge in [0.25, 0.3) is 0 Å². The zero-order valence-electron chi connectivity index (χ0n) is 15.1. The van der Waals surface area contributed by atoms with Crippen LogP contribution in [0.25, 0.3) is 0 Å². The summed E-state index contributed by atoms with van der Waals surface area (Å²) in [6.45, 7) is 0. The molecule has 1 aliphatic heterocycles. The zero-order chi connectivity index (χ0) is 18.9. The van der Waals surface area contributed by atoms with Gasteiger partial charge in [-0.05, 0) is 83.3 Å². The van der Waals surface area contributed by atoms with Crippen LogP contribution in [0.4, 0.5) is 0 Å². The van der Waals surface area contributed by atoms with Crippen LogP contribution in [0.3, 0.4) is 0 Å². The molecule has 1 heterocycles. The molecule has 0 bridgehead atoms.